The molecule has 0 amide bonds. The third kappa shape index (κ3) is 3.24. The van der Waals surface area contributed by atoms with E-state index in [-0.39, 0.29) is 13.2 Å². The molecule has 0 fully saturated rings. The van der Waals surface area contributed by atoms with E-state index in [0.717, 1.165) is 0 Å². The molecule has 0 aliphatic carbocycles. The Morgan fingerprint density at radius 2 is 1.47 bits per heavy atom. The fourth-order valence-electron chi connectivity index (χ4n) is 0.824. The highest BCUT2D eigenvalue weighted by Gasteiger charge is 2.50. The van der Waals surface area contributed by atoms with Gasteiger partial charge >= 0.3 is 11.9 Å². The van der Waals surface area contributed by atoms with Gasteiger partial charge in [0.2, 0.25) is 0 Å². The molecule has 15 heavy (non-hydrogen) atoms. The second-order valence-corrected chi connectivity index (χ2v) is 4.04. The number of alkyl halides is 2. The summed E-state index contributed by atoms with van der Waals surface area (Å²) in [7, 11) is 0. The van der Waals surface area contributed by atoms with Gasteiger partial charge in [-0.15, -0.1) is 23.2 Å². The lowest BCUT2D eigenvalue weighted by Gasteiger charge is -2.25. The van der Waals surface area contributed by atoms with Gasteiger partial charge in [0, 0.05) is 0 Å². The minimum atomic E-state index is -1.67. The number of ether oxygens (including phenoxy) is 2. The number of hydrogen-bond acceptors (Lipinski definition) is 4. The predicted molar refractivity (Wildman–Crippen MR) is 56.9 cm³/mol. The molecule has 0 saturated heterocycles. The molecule has 0 bridgehead atoms. The maximum absolute atomic E-state index is 11.5. The Morgan fingerprint density at radius 3 is 1.67 bits per heavy atom. The number of esters is 2. The molecule has 0 aromatic heterocycles. The van der Waals surface area contributed by atoms with Crippen LogP contribution >= 0.6 is 23.2 Å². The zero-order valence-corrected chi connectivity index (χ0v) is 10.4. The number of carbonyl (C=O) groups excluding carboxylic acids is 2. The van der Waals surface area contributed by atoms with Crippen LogP contribution in [-0.2, 0) is 19.1 Å². The highest BCUT2D eigenvalue weighted by Crippen LogP contribution is 2.32. The smallest absolute Gasteiger partial charge is 0.326 e. The van der Waals surface area contributed by atoms with Crippen LogP contribution in [0.4, 0.5) is 0 Å². The topological polar surface area (TPSA) is 52.6 Å². The van der Waals surface area contributed by atoms with Crippen LogP contribution in [0.15, 0.2) is 0 Å². The molecule has 0 N–H and O–H groups in total. The van der Waals surface area contributed by atoms with Gasteiger partial charge in [-0.3, -0.25) is 9.59 Å². The Labute approximate surface area is 98.8 Å². The van der Waals surface area contributed by atoms with Crippen LogP contribution in [0.2, 0.25) is 0 Å². The highest BCUT2D eigenvalue weighted by molar-refractivity contribution is 6.47. The second-order valence-electron chi connectivity index (χ2n) is 2.94. The van der Waals surface area contributed by atoms with Crippen LogP contribution in [0.5, 0.6) is 0 Å². The Hall–Kier alpha value is -0.480. The summed E-state index contributed by atoms with van der Waals surface area (Å²) in [6, 6.07) is 0. The van der Waals surface area contributed by atoms with Gasteiger partial charge in [0.15, 0.2) is 5.41 Å². The molecule has 0 heterocycles. The lowest BCUT2D eigenvalue weighted by atomic mass is 9.93. The zero-order chi connectivity index (χ0) is 12.1. The van der Waals surface area contributed by atoms with Crippen molar-refractivity contribution in [3.63, 3.8) is 0 Å². The average molecular weight is 257 g/mol. The summed E-state index contributed by atoms with van der Waals surface area (Å²) in [6.45, 7) is 4.85. The summed E-state index contributed by atoms with van der Waals surface area (Å²) in [5.74, 6) is -1.56. The SMILES string of the molecule is CCOC(=O)C(C)(C(=O)OCC)C(Cl)Cl. The van der Waals surface area contributed by atoms with Gasteiger partial charge in [0.25, 0.3) is 0 Å². The van der Waals surface area contributed by atoms with Crippen LogP contribution in [0.3, 0.4) is 0 Å². The van der Waals surface area contributed by atoms with E-state index in [1.165, 1.54) is 6.92 Å². The zero-order valence-electron chi connectivity index (χ0n) is 8.88. The summed E-state index contributed by atoms with van der Waals surface area (Å²) in [6.07, 6.45) is 0. The predicted octanol–water partition coefficient (Wildman–Crippen LogP) is 1.92. The lowest BCUT2D eigenvalue weighted by Crippen LogP contribution is -2.44. The highest BCUT2D eigenvalue weighted by atomic mass is 35.5. The van der Waals surface area contributed by atoms with Gasteiger partial charge in [0.05, 0.1) is 13.2 Å². The number of hydrogen-bond donors (Lipinski definition) is 0. The van der Waals surface area contributed by atoms with Crippen molar-refractivity contribution in [2.75, 3.05) is 13.2 Å². The van der Waals surface area contributed by atoms with Crippen molar-refractivity contribution in [3.8, 4) is 0 Å². The van der Waals surface area contributed by atoms with Crippen molar-refractivity contribution in [3.05, 3.63) is 0 Å². The van der Waals surface area contributed by atoms with E-state index >= 15 is 0 Å². The maximum atomic E-state index is 11.5. The molecule has 4 nitrogen and oxygen atoms in total. The largest absolute Gasteiger partial charge is 0.465 e. The van der Waals surface area contributed by atoms with Crippen LogP contribution in [-0.4, -0.2) is 30.0 Å². The normalized spacial score (nSPS) is 11.3. The van der Waals surface area contributed by atoms with Crippen molar-refractivity contribution in [2.45, 2.75) is 25.6 Å². The van der Waals surface area contributed by atoms with E-state index in [2.05, 4.69) is 0 Å². The summed E-state index contributed by atoms with van der Waals surface area (Å²) in [5, 5.41) is 0. The molecular weight excluding hydrogens is 243 g/mol. The third-order valence-electron chi connectivity index (χ3n) is 1.84. The average Bonchev–Trinajstić information content (AvgIpc) is 2.16. The van der Waals surface area contributed by atoms with Crippen molar-refractivity contribution >= 4 is 35.1 Å². The Balaban J connectivity index is 4.88. The third-order valence-corrected chi connectivity index (χ3v) is 2.71. The van der Waals surface area contributed by atoms with Crippen LogP contribution in [0.25, 0.3) is 0 Å². The first-order valence-corrected chi connectivity index (χ1v) is 5.41. The quantitative estimate of drug-likeness (QED) is 0.429. The minimum Gasteiger partial charge on any atom is -0.465 e. The van der Waals surface area contributed by atoms with E-state index in [1.54, 1.807) is 13.8 Å². The Morgan fingerprint density at radius 1 is 1.13 bits per heavy atom. The van der Waals surface area contributed by atoms with Crippen molar-refractivity contribution in [2.24, 2.45) is 5.41 Å². The fraction of sp³-hybridized carbons (Fsp3) is 0.778. The summed E-state index contributed by atoms with van der Waals surface area (Å²) in [4.78, 5) is 21.8. The molecule has 0 spiro atoms. The van der Waals surface area contributed by atoms with Gasteiger partial charge in [-0.25, -0.2) is 0 Å². The number of carbonyl (C=O) groups is 2. The van der Waals surface area contributed by atoms with Gasteiger partial charge < -0.3 is 9.47 Å². The molecule has 0 rings (SSSR count). The summed E-state index contributed by atoms with van der Waals surface area (Å²) < 4.78 is 9.45. The van der Waals surface area contributed by atoms with Gasteiger partial charge in [0.1, 0.15) is 4.84 Å². The first-order chi connectivity index (χ1) is 6.91. The van der Waals surface area contributed by atoms with Crippen LogP contribution in [0.1, 0.15) is 20.8 Å². The summed E-state index contributed by atoms with van der Waals surface area (Å²) in [5.41, 5.74) is -1.67. The standard InChI is InChI=1S/C9H14Cl2O4/c1-4-14-7(12)9(3,6(10)11)8(13)15-5-2/h6H,4-5H2,1-3H3. The second kappa shape index (κ2) is 6.18. The van der Waals surface area contributed by atoms with E-state index in [9.17, 15) is 9.59 Å². The molecule has 0 aliphatic rings. The molecule has 0 saturated carbocycles. The number of rotatable bonds is 5. The number of halogens is 2. The molecule has 0 radical (unpaired) electrons. The molecule has 6 heteroatoms. The minimum absolute atomic E-state index is 0.147. The van der Waals surface area contributed by atoms with Gasteiger partial charge in [-0.1, -0.05) is 0 Å². The molecule has 0 aliphatic heterocycles. The molecule has 0 aromatic rings. The molecule has 0 aromatic carbocycles. The van der Waals surface area contributed by atoms with E-state index in [4.69, 9.17) is 32.7 Å². The molecular formula is C9H14Cl2O4. The maximum Gasteiger partial charge on any atom is 0.326 e. The van der Waals surface area contributed by atoms with Crippen molar-refractivity contribution < 1.29 is 19.1 Å². The monoisotopic (exact) mass is 256 g/mol. The van der Waals surface area contributed by atoms with E-state index in [1.807, 2.05) is 0 Å². The van der Waals surface area contributed by atoms with Crippen LogP contribution in [0, 0.1) is 5.41 Å². The van der Waals surface area contributed by atoms with E-state index in [0.29, 0.717) is 0 Å². The molecule has 0 atom stereocenters. The lowest BCUT2D eigenvalue weighted by molar-refractivity contribution is -0.169. The van der Waals surface area contributed by atoms with Gasteiger partial charge in [-0.05, 0) is 20.8 Å². The Kier molecular flexibility index (Phi) is 5.98. The van der Waals surface area contributed by atoms with Crippen molar-refractivity contribution in [1.29, 1.82) is 0 Å². The molecule has 0 unspecified atom stereocenters. The van der Waals surface area contributed by atoms with E-state index < -0.39 is 22.2 Å². The first kappa shape index (κ1) is 14.5. The fourth-order valence-corrected chi connectivity index (χ4v) is 1.18. The Bertz CT molecular complexity index is 222. The first-order valence-electron chi connectivity index (χ1n) is 4.53. The summed E-state index contributed by atoms with van der Waals surface area (Å²) >= 11 is 11.2. The van der Waals surface area contributed by atoms with Crippen LogP contribution < -0.4 is 0 Å². The molecule has 88 valence electrons. The van der Waals surface area contributed by atoms with Gasteiger partial charge in [-0.2, -0.15) is 0 Å². The van der Waals surface area contributed by atoms with Crippen molar-refractivity contribution in [1.82, 2.24) is 0 Å².